The Labute approximate surface area is 159 Å². The van der Waals surface area contributed by atoms with E-state index in [-0.39, 0.29) is 24.0 Å². The normalized spacial score (nSPS) is 21.1. The van der Waals surface area contributed by atoms with E-state index in [2.05, 4.69) is 6.08 Å². The highest BCUT2D eigenvalue weighted by Gasteiger charge is 2.40. The molecule has 3 nitrogen and oxygen atoms in total. The maximum atomic E-state index is 13.0. The van der Waals surface area contributed by atoms with Crippen molar-refractivity contribution in [3.63, 3.8) is 0 Å². The fraction of sp³-hybridized carbons (Fsp3) is 0.348. The summed E-state index contributed by atoms with van der Waals surface area (Å²) in [6.45, 7) is 0.316. The van der Waals surface area contributed by atoms with Crippen LogP contribution in [-0.4, -0.2) is 23.1 Å². The minimum absolute atomic E-state index is 0.148. The smallest absolute Gasteiger partial charge is 0.410 e. The van der Waals surface area contributed by atoms with Gasteiger partial charge >= 0.3 is 6.09 Å². The van der Waals surface area contributed by atoms with Crippen LogP contribution in [0.25, 0.3) is 0 Å². The first-order chi connectivity index (χ1) is 13.2. The third-order valence-electron chi connectivity index (χ3n) is 5.54. The summed E-state index contributed by atoms with van der Waals surface area (Å²) in [5, 5.41) is 0. The van der Waals surface area contributed by atoms with E-state index >= 15 is 0 Å². The lowest BCUT2D eigenvalue weighted by Gasteiger charge is -2.33. The first-order valence-corrected chi connectivity index (χ1v) is 9.62. The van der Waals surface area contributed by atoms with Crippen LogP contribution >= 0.6 is 0 Å². The van der Waals surface area contributed by atoms with Crippen molar-refractivity contribution < 1.29 is 13.9 Å². The van der Waals surface area contributed by atoms with Crippen molar-refractivity contribution in [2.45, 2.75) is 50.8 Å². The van der Waals surface area contributed by atoms with Crippen molar-refractivity contribution in [1.29, 1.82) is 0 Å². The largest absolute Gasteiger partial charge is 0.445 e. The summed E-state index contributed by atoms with van der Waals surface area (Å²) < 4.78 is 18.6. The van der Waals surface area contributed by atoms with Crippen LogP contribution in [0.3, 0.4) is 0 Å². The molecule has 0 spiro atoms. The topological polar surface area (TPSA) is 29.5 Å². The molecule has 0 aliphatic carbocycles. The molecule has 0 saturated carbocycles. The lowest BCUT2D eigenvalue weighted by atomic mass is 9.95. The molecule has 1 saturated heterocycles. The Bertz CT molecular complexity index is 816. The third-order valence-corrected chi connectivity index (χ3v) is 5.54. The maximum Gasteiger partial charge on any atom is 0.410 e. The molecular formula is C23H24FNO2. The third kappa shape index (κ3) is 4.21. The molecule has 1 fully saturated rings. The SMILES string of the molecule is O=C(OCc1ccccc1)N1C2C=C(CCc3ccc(F)cc3)CC1CC2. The van der Waals surface area contributed by atoms with Crippen molar-refractivity contribution in [3.8, 4) is 0 Å². The van der Waals surface area contributed by atoms with E-state index in [1.165, 1.54) is 17.7 Å². The van der Waals surface area contributed by atoms with Crippen LogP contribution < -0.4 is 0 Å². The van der Waals surface area contributed by atoms with Crippen LogP contribution in [0.15, 0.2) is 66.2 Å². The molecule has 0 aromatic heterocycles. The number of amides is 1. The van der Waals surface area contributed by atoms with Gasteiger partial charge in [-0.15, -0.1) is 0 Å². The van der Waals surface area contributed by atoms with Gasteiger partial charge in [-0.3, -0.25) is 4.90 Å². The predicted octanol–water partition coefficient (Wildman–Crippen LogP) is 5.26. The van der Waals surface area contributed by atoms with Gasteiger partial charge in [-0.05, 0) is 55.4 Å². The Hall–Kier alpha value is -2.62. The van der Waals surface area contributed by atoms with Crippen molar-refractivity contribution in [1.82, 2.24) is 4.90 Å². The van der Waals surface area contributed by atoms with Gasteiger partial charge in [0.2, 0.25) is 0 Å². The minimum atomic E-state index is -0.208. The number of hydrogen-bond acceptors (Lipinski definition) is 2. The van der Waals surface area contributed by atoms with Gasteiger partial charge in [0.05, 0.1) is 6.04 Å². The van der Waals surface area contributed by atoms with Gasteiger partial charge in [-0.2, -0.15) is 0 Å². The Balaban J connectivity index is 1.34. The van der Waals surface area contributed by atoms with Crippen molar-refractivity contribution in [2.24, 2.45) is 0 Å². The molecule has 140 valence electrons. The highest BCUT2D eigenvalue weighted by Crippen LogP contribution is 2.36. The molecule has 2 aromatic carbocycles. The number of aryl methyl sites for hydroxylation is 1. The Morgan fingerprint density at radius 3 is 2.52 bits per heavy atom. The number of ether oxygens (including phenoxy) is 1. The molecule has 2 atom stereocenters. The number of hydrogen-bond donors (Lipinski definition) is 0. The molecule has 4 rings (SSSR count). The van der Waals surface area contributed by atoms with E-state index in [1.54, 1.807) is 0 Å². The summed E-state index contributed by atoms with van der Waals surface area (Å²) in [7, 11) is 0. The van der Waals surface area contributed by atoms with E-state index in [9.17, 15) is 9.18 Å². The molecule has 2 aliphatic heterocycles. The first kappa shape index (κ1) is 17.8. The summed E-state index contributed by atoms with van der Waals surface area (Å²) in [4.78, 5) is 14.5. The zero-order valence-corrected chi connectivity index (χ0v) is 15.3. The first-order valence-electron chi connectivity index (χ1n) is 9.62. The van der Waals surface area contributed by atoms with E-state index in [4.69, 9.17) is 4.74 Å². The summed E-state index contributed by atoms with van der Waals surface area (Å²) >= 11 is 0. The molecule has 2 heterocycles. The second-order valence-corrected chi connectivity index (χ2v) is 7.40. The van der Waals surface area contributed by atoms with E-state index in [0.717, 1.165) is 43.2 Å². The summed E-state index contributed by atoms with van der Waals surface area (Å²) in [6, 6.07) is 16.9. The molecule has 2 aliphatic rings. The second kappa shape index (κ2) is 7.95. The zero-order valence-electron chi connectivity index (χ0n) is 15.3. The number of fused-ring (bicyclic) bond motifs is 2. The standard InChI is InChI=1S/C23H24FNO2/c24-20-10-8-17(9-11-20)6-7-19-14-21-12-13-22(15-19)25(21)23(26)27-16-18-4-2-1-3-5-18/h1-5,8-11,14,21-22H,6-7,12-13,15-16H2. The average Bonchev–Trinajstić information content (AvgIpc) is 2.97. The number of nitrogens with zero attached hydrogens (tertiary/aromatic N) is 1. The number of carbonyl (C=O) groups excluding carboxylic acids is 1. The van der Waals surface area contributed by atoms with Gasteiger partial charge in [0.25, 0.3) is 0 Å². The predicted molar refractivity (Wildman–Crippen MR) is 103 cm³/mol. The molecule has 0 N–H and O–H groups in total. The number of rotatable bonds is 5. The summed E-state index contributed by atoms with van der Waals surface area (Å²) in [5.74, 6) is -0.196. The molecule has 1 amide bonds. The van der Waals surface area contributed by atoms with Crippen LogP contribution in [0.2, 0.25) is 0 Å². The lowest BCUT2D eigenvalue weighted by Crippen LogP contribution is -2.43. The van der Waals surface area contributed by atoms with Crippen LogP contribution in [-0.2, 0) is 17.8 Å². The van der Waals surface area contributed by atoms with Gasteiger partial charge in [-0.25, -0.2) is 9.18 Å². The molecule has 2 aromatic rings. The number of benzene rings is 2. The van der Waals surface area contributed by atoms with Gasteiger partial charge < -0.3 is 4.74 Å². The van der Waals surface area contributed by atoms with Crippen molar-refractivity contribution in [2.75, 3.05) is 0 Å². The highest BCUT2D eigenvalue weighted by atomic mass is 19.1. The quantitative estimate of drug-likeness (QED) is 0.677. The van der Waals surface area contributed by atoms with E-state index in [1.807, 2.05) is 47.4 Å². The van der Waals surface area contributed by atoms with Gasteiger partial charge in [0, 0.05) is 6.04 Å². The lowest BCUT2D eigenvalue weighted by molar-refractivity contribution is 0.0815. The molecular weight excluding hydrogens is 341 g/mol. The van der Waals surface area contributed by atoms with Crippen LogP contribution in [0.5, 0.6) is 0 Å². The fourth-order valence-corrected chi connectivity index (χ4v) is 4.14. The maximum absolute atomic E-state index is 13.0. The fourth-order valence-electron chi connectivity index (χ4n) is 4.14. The monoisotopic (exact) mass is 365 g/mol. The van der Waals surface area contributed by atoms with Crippen molar-refractivity contribution in [3.05, 3.63) is 83.2 Å². The second-order valence-electron chi connectivity index (χ2n) is 7.40. The Kier molecular flexibility index (Phi) is 5.23. The molecule has 2 unspecified atom stereocenters. The van der Waals surface area contributed by atoms with Crippen LogP contribution in [0.4, 0.5) is 9.18 Å². The van der Waals surface area contributed by atoms with Crippen LogP contribution in [0, 0.1) is 5.82 Å². The summed E-state index contributed by atoms with van der Waals surface area (Å²) in [6.07, 6.45) is 6.86. The molecule has 27 heavy (non-hydrogen) atoms. The minimum Gasteiger partial charge on any atom is -0.445 e. The summed E-state index contributed by atoms with van der Waals surface area (Å²) in [5.41, 5.74) is 3.55. The van der Waals surface area contributed by atoms with E-state index < -0.39 is 0 Å². The van der Waals surface area contributed by atoms with Gasteiger partial charge in [0.15, 0.2) is 0 Å². The number of carbonyl (C=O) groups is 1. The van der Waals surface area contributed by atoms with Gasteiger partial charge in [0.1, 0.15) is 12.4 Å². The van der Waals surface area contributed by atoms with Crippen LogP contribution in [0.1, 0.15) is 36.8 Å². The number of halogens is 1. The Morgan fingerprint density at radius 1 is 1.00 bits per heavy atom. The van der Waals surface area contributed by atoms with Gasteiger partial charge in [-0.1, -0.05) is 54.1 Å². The van der Waals surface area contributed by atoms with E-state index in [0.29, 0.717) is 6.61 Å². The molecule has 4 heteroatoms. The molecule has 0 radical (unpaired) electrons. The Morgan fingerprint density at radius 2 is 1.78 bits per heavy atom. The van der Waals surface area contributed by atoms with Crippen molar-refractivity contribution >= 4 is 6.09 Å². The average molecular weight is 365 g/mol. The highest BCUT2D eigenvalue weighted by molar-refractivity contribution is 5.70. The molecule has 2 bridgehead atoms. The zero-order chi connectivity index (χ0) is 18.6.